The highest BCUT2D eigenvalue weighted by atomic mass is 16.5. The van der Waals surface area contributed by atoms with E-state index >= 15 is 0 Å². The second-order valence-electron chi connectivity index (χ2n) is 5.40. The lowest BCUT2D eigenvalue weighted by Gasteiger charge is -2.39. The van der Waals surface area contributed by atoms with Crippen LogP contribution in [0.2, 0.25) is 0 Å². The zero-order valence-corrected chi connectivity index (χ0v) is 11.3. The Hall–Kier alpha value is -2.00. The van der Waals surface area contributed by atoms with Gasteiger partial charge >= 0.3 is 0 Å². The molecular weight excluding hydrogens is 252 g/mol. The van der Waals surface area contributed by atoms with Gasteiger partial charge in [0.05, 0.1) is 19.3 Å². The van der Waals surface area contributed by atoms with Gasteiger partial charge in [0, 0.05) is 24.0 Å². The van der Waals surface area contributed by atoms with E-state index in [1.165, 1.54) is 11.1 Å². The molecule has 0 radical (unpaired) electrons. The van der Waals surface area contributed by atoms with Crippen LogP contribution in [-0.2, 0) is 17.6 Å². The standard InChI is InChI=1S/C17H16O3/c1-19-14-7-6-13(18)12-9-15-11-5-3-2-4-10(11)8-16(20-15)17(12)14/h2-7,15-16,18H,8-9H2,1H3. The minimum atomic E-state index is -0.0271. The van der Waals surface area contributed by atoms with Gasteiger partial charge in [0.2, 0.25) is 0 Å². The Morgan fingerprint density at radius 1 is 1.10 bits per heavy atom. The first-order valence-electron chi connectivity index (χ1n) is 6.90. The average molecular weight is 268 g/mol. The van der Waals surface area contributed by atoms with Gasteiger partial charge in [-0.2, -0.15) is 0 Å². The van der Waals surface area contributed by atoms with E-state index in [4.69, 9.17) is 9.47 Å². The van der Waals surface area contributed by atoms with Gasteiger partial charge in [0.25, 0.3) is 0 Å². The van der Waals surface area contributed by atoms with Gasteiger partial charge in [-0.05, 0) is 23.3 Å². The number of methoxy groups -OCH3 is 1. The highest BCUT2D eigenvalue weighted by molar-refractivity contribution is 5.53. The number of benzene rings is 2. The molecule has 2 aliphatic rings. The third-order valence-electron chi connectivity index (χ3n) is 4.36. The predicted molar refractivity (Wildman–Crippen MR) is 75.1 cm³/mol. The van der Waals surface area contributed by atoms with Crippen LogP contribution in [0.5, 0.6) is 11.5 Å². The molecule has 2 heterocycles. The van der Waals surface area contributed by atoms with Gasteiger partial charge in [-0.3, -0.25) is 0 Å². The van der Waals surface area contributed by atoms with Crippen molar-refractivity contribution >= 4 is 0 Å². The van der Waals surface area contributed by atoms with E-state index in [0.29, 0.717) is 12.2 Å². The van der Waals surface area contributed by atoms with Gasteiger partial charge in [0.1, 0.15) is 11.5 Å². The molecule has 0 fully saturated rings. The molecule has 2 bridgehead atoms. The molecule has 2 atom stereocenters. The monoisotopic (exact) mass is 268 g/mol. The maximum Gasteiger partial charge on any atom is 0.125 e. The molecule has 3 nitrogen and oxygen atoms in total. The van der Waals surface area contributed by atoms with Gasteiger partial charge < -0.3 is 14.6 Å². The molecule has 1 N–H and O–H groups in total. The van der Waals surface area contributed by atoms with E-state index in [9.17, 15) is 5.11 Å². The minimum absolute atomic E-state index is 0.0271. The molecule has 4 rings (SSSR count). The summed E-state index contributed by atoms with van der Waals surface area (Å²) in [5, 5.41) is 10.2. The minimum Gasteiger partial charge on any atom is -0.508 e. The zero-order valence-electron chi connectivity index (χ0n) is 11.3. The molecule has 2 aromatic rings. The van der Waals surface area contributed by atoms with Crippen LogP contribution in [0.3, 0.4) is 0 Å². The van der Waals surface area contributed by atoms with Crippen LogP contribution in [-0.4, -0.2) is 12.2 Å². The number of phenols is 1. The summed E-state index contributed by atoms with van der Waals surface area (Å²) in [4.78, 5) is 0. The Morgan fingerprint density at radius 3 is 2.80 bits per heavy atom. The van der Waals surface area contributed by atoms with Crippen LogP contribution in [0.25, 0.3) is 0 Å². The van der Waals surface area contributed by atoms with Gasteiger partial charge in [-0.15, -0.1) is 0 Å². The fourth-order valence-electron chi connectivity index (χ4n) is 3.44. The fraction of sp³-hybridized carbons (Fsp3) is 0.294. The van der Waals surface area contributed by atoms with Crippen LogP contribution < -0.4 is 4.74 Å². The van der Waals surface area contributed by atoms with Crippen molar-refractivity contribution in [3.8, 4) is 11.5 Å². The SMILES string of the molecule is COc1ccc(O)c2c1C1Cc3ccccc3C(C2)O1. The van der Waals surface area contributed by atoms with E-state index in [-0.39, 0.29) is 12.2 Å². The number of phenolic OH excluding ortho intramolecular Hbond substituents is 1. The molecule has 0 saturated carbocycles. The van der Waals surface area contributed by atoms with E-state index in [1.54, 1.807) is 13.2 Å². The van der Waals surface area contributed by atoms with E-state index in [2.05, 4.69) is 18.2 Å². The van der Waals surface area contributed by atoms with Crippen molar-refractivity contribution in [1.82, 2.24) is 0 Å². The summed E-state index contributed by atoms with van der Waals surface area (Å²) < 4.78 is 11.6. The van der Waals surface area contributed by atoms with Crippen molar-refractivity contribution in [2.75, 3.05) is 7.11 Å². The Morgan fingerprint density at radius 2 is 1.95 bits per heavy atom. The Labute approximate surface area is 117 Å². The molecule has 20 heavy (non-hydrogen) atoms. The zero-order chi connectivity index (χ0) is 13.7. The number of fused-ring (bicyclic) bond motifs is 6. The summed E-state index contributed by atoms with van der Waals surface area (Å²) in [6.45, 7) is 0. The third-order valence-corrected chi connectivity index (χ3v) is 4.36. The molecule has 0 saturated heterocycles. The summed E-state index contributed by atoms with van der Waals surface area (Å²) in [5.74, 6) is 1.15. The first-order valence-corrected chi connectivity index (χ1v) is 6.90. The number of aromatic hydroxyl groups is 1. The number of rotatable bonds is 1. The van der Waals surface area contributed by atoms with E-state index in [1.807, 2.05) is 12.1 Å². The molecule has 0 amide bonds. The van der Waals surface area contributed by atoms with Crippen LogP contribution >= 0.6 is 0 Å². The van der Waals surface area contributed by atoms with Crippen molar-refractivity contribution < 1.29 is 14.6 Å². The molecule has 2 aliphatic heterocycles. The number of ether oxygens (including phenoxy) is 2. The predicted octanol–water partition coefficient (Wildman–Crippen LogP) is 3.31. The van der Waals surface area contributed by atoms with Gasteiger partial charge in [-0.1, -0.05) is 24.3 Å². The molecular formula is C17H16O3. The molecule has 3 heteroatoms. The fourth-order valence-corrected chi connectivity index (χ4v) is 3.44. The largest absolute Gasteiger partial charge is 0.508 e. The lowest BCUT2D eigenvalue weighted by atomic mass is 9.81. The average Bonchev–Trinajstić information content (AvgIpc) is 2.48. The smallest absolute Gasteiger partial charge is 0.125 e. The Balaban J connectivity index is 1.89. The quantitative estimate of drug-likeness (QED) is 0.862. The molecule has 102 valence electrons. The summed E-state index contributed by atoms with van der Waals surface area (Å²) in [6, 6.07) is 11.9. The molecule has 2 aromatic carbocycles. The summed E-state index contributed by atoms with van der Waals surface area (Å²) in [6.07, 6.45) is 1.54. The van der Waals surface area contributed by atoms with Crippen molar-refractivity contribution in [1.29, 1.82) is 0 Å². The van der Waals surface area contributed by atoms with Crippen molar-refractivity contribution in [2.24, 2.45) is 0 Å². The maximum atomic E-state index is 10.2. The van der Waals surface area contributed by atoms with Gasteiger partial charge in [-0.25, -0.2) is 0 Å². The second-order valence-corrected chi connectivity index (χ2v) is 5.40. The third kappa shape index (κ3) is 1.56. The van der Waals surface area contributed by atoms with Crippen LogP contribution in [0.4, 0.5) is 0 Å². The van der Waals surface area contributed by atoms with Crippen molar-refractivity contribution in [3.63, 3.8) is 0 Å². The number of hydrogen-bond donors (Lipinski definition) is 1. The van der Waals surface area contributed by atoms with Crippen LogP contribution in [0.1, 0.15) is 34.5 Å². The maximum absolute atomic E-state index is 10.2. The number of hydrogen-bond acceptors (Lipinski definition) is 3. The van der Waals surface area contributed by atoms with Crippen molar-refractivity contribution in [3.05, 3.63) is 58.7 Å². The molecule has 0 spiro atoms. The summed E-state index contributed by atoms with van der Waals surface area (Å²) in [7, 11) is 1.66. The second kappa shape index (κ2) is 4.25. The Bertz CT molecular complexity index is 678. The summed E-state index contributed by atoms with van der Waals surface area (Å²) >= 11 is 0. The first-order chi connectivity index (χ1) is 9.78. The molecule has 0 aromatic heterocycles. The first kappa shape index (κ1) is 11.8. The lowest BCUT2D eigenvalue weighted by molar-refractivity contribution is -0.0409. The topological polar surface area (TPSA) is 38.7 Å². The molecule has 2 unspecified atom stereocenters. The summed E-state index contributed by atoms with van der Waals surface area (Å²) in [5.41, 5.74) is 4.57. The molecule has 0 aliphatic carbocycles. The normalized spacial score (nSPS) is 22.9. The highest BCUT2D eigenvalue weighted by Gasteiger charge is 2.37. The van der Waals surface area contributed by atoms with Gasteiger partial charge in [0.15, 0.2) is 0 Å². The Kier molecular flexibility index (Phi) is 2.51. The van der Waals surface area contributed by atoms with E-state index in [0.717, 1.165) is 23.3 Å². The van der Waals surface area contributed by atoms with Crippen LogP contribution in [0, 0.1) is 0 Å². The van der Waals surface area contributed by atoms with E-state index < -0.39 is 0 Å². The van der Waals surface area contributed by atoms with Crippen molar-refractivity contribution in [2.45, 2.75) is 25.0 Å². The highest BCUT2D eigenvalue weighted by Crippen LogP contribution is 2.49. The van der Waals surface area contributed by atoms with Crippen LogP contribution in [0.15, 0.2) is 36.4 Å². The lowest BCUT2D eigenvalue weighted by Crippen LogP contribution is -2.28.